The van der Waals surface area contributed by atoms with Crippen LogP contribution in [0.2, 0.25) is 0 Å². The Morgan fingerprint density at radius 2 is 1.56 bits per heavy atom. The zero-order valence-electron chi connectivity index (χ0n) is 18.0. The first-order valence-corrected chi connectivity index (χ1v) is 11.8. The van der Waals surface area contributed by atoms with Crippen LogP contribution in [0.4, 0.5) is 11.4 Å². The molecule has 34 heavy (non-hydrogen) atoms. The molecule has 0 atom stereocenters. The van der Waals surface area contributed by atoms with Gasteiger partial charge in [-0.1, -0.05) is 6.07 Å². The summed E-state index contributed by atoms with van der Waals surface area (Å²) in [6.45, 7) is 2.31. The molecule has 0 spiro atoms. The molecule has 0 aliphatic heterocycles. The molecular weight excluding hydrogens is 458 g/mol. The normalized spacial score (nSPS) is 11.2. The van der Waals surface area contributed by atoms with Gasteiger partial charge in [0.2, 0.25) is 0 Å². The Bertz CT molecular complexity index is 1540. The third kappa shape index (κ3) is 4.99. The number of amides is 2. The average Bonchev–Trinajstić information content (AvgIpc) is 3.19. The van der Waals surface area contributed by atoms with Crippen molar-refractivity contribution in [1.29, 1.82) is 0 Å². The Balaban J connectivity index is 1.46. The molecule has 0 bridgehead atoms. The summed E-state index contributed by atoms with van der Waals surface area (Å²) in [5.41, 5.74) is 1.88. The Hall–Kier alpha value is -4.38. The van der Waals surface area contributed by atoms with Gasteiger partial charge in [-0.2, -0.15) is 0 Å². The first-order chi connectivity index (χ1) is 16.2. The van der Waals surface area contributed by atoms with E-state index in [2.05, 4.69) is 25.3 Å². The highest BCUT2D eigenvalue weighted by Crippen LogP contribution is 2.20. The highest BCUT2D eigenvalue weighted by molar-refractivity contribution is 7.92. The number of carbonyl (C=O) groups excluding carboxylic acids is 2. The summed E-state index contributed by atoms with van der Waals surface area (Å²) >= 11 is 0. The second-order valence-corrected chi connectivity index (χ2v) is 9.05. The maximum Gasteiger partial charge on any atom is 0.323 e. The van der Waals surface area contributed by atoms with Crippen molar-refractivity contribution in [2.45, 2.75) is 11.8 Å². The van der Waals surface area contributed by atoms with Crippen LogP contribution in [-0.2, 0) is 10.0 Å². The van der Waals surface area contributed by atoms with E-state index in [0.717, 1.165) is 0 Å². The number of H-pyrrole nitrogens is 2. The van der Waals surface area contributed by atoms with Gasteiger partial charge in [0.15, 0.2) is 0 Å². The van der Waals surface area contributed by atoms with Crippen molar-refractivity contribution in [3.63, 3.8) is 0 Å². The van der Waals surface area contributed by atoms with Gasteiger partial charge in [0.25, 0.3) is 21.8 Å². The van der Waals surface area contributed by atoms with E-state index < -0.39 is 21.6 Å². The summed E-state index contributed by atoms with van der Waals surface area (Å²) in [4.78, 5) is 41.0. The van der Waals surface area contributed by atoms with Gasteiger partial charge in [-0.15, -0.1) is 0 Å². The van der Waals surface area contributed by atoms with Crippen LogP contribution in [0, 0.1) is 0 Å². The van der Waals surface area contributed by atoms with Crippen molar-refractivity contribution in [2.24, 2.45) is 0 Å². The van der Waals surface area contributed by atoms with Crippen LogP contribution < -0.4 is 21.0 Å². The highest BCUT2D eigenvalue weighted by atomic mass is 32.2. The van der Waals surface area contributed by atoms with E-state index in [9.17, 15) is 22.8 Å². The lowest BCUT2D eigenvalue weighted by Gasteiger charge is -2.10. The molecule has 0 fully saturated rings. The summed E-state index contributed by atoms with van der Waals surface area (Å²) in [7, 11) is -3.92. The largest absolute Gasteiger partial charge is 0.352 e. The van der Waals surface area contributed by atoms with Crippen LogP contribution in [0.3, 0.4) is 0 Å². The van der Waals surface area contributed by atoms with Crippen molar-refractivity contribution >= 4 is 44.2 Å². The molecule has 10 nitrogen and oxygen atoms in total. The molecule has 0 aliphatic rings. The van der Waals surface area contributed by atoms with Crippen LogP contribution >= 0.6 is 0 Å². The van der Waals surface area contributed by atoms with Crippen molar-refractivity contribution < 1.29 is 18.0 Å². The van der Waals surface area contributed by atoms with E-state index in [-0.39, 0.29) is 16.5 Å². The Morgan fingerprint density at radius 1 is 0.824 bits per heavy atom. The SMILES string of the molecule is CCNC(=O)c1cccc(NC(=O)c2ccc(NS(=O)(=O)c3ccc4[nH]c(=O)[nH]c4c3)cc2)c1. The molecule has 0 radical (unpaired) electrons. The lowest BCUT2D eigenvalue weighted by Crippen LogP contribution is -2.22. The van der Waals surface area contributed by atoms with Gasteiger partial charge < -0.3 is 20.6 Å². The van der Waals surface area contributed by atoms with Gasteiger partial charge in [0.1, 0.15) is 0 Å². The number of benzene rings is 3. The average molecular weight is 480 g/mol. The molecule has 11 heteroatoms. The molecule has 3 aromatic carbocycles. The van der Waals surface area contributed by atoms with Crippen molar-refractivity contribution in [3.05, 3.63) is 88.3 Å². The molecule has 1 aromatic heterocycles. The quantitative estimate of drug-likeness (QED) is 0.276. The molecule has 5 N–H and O–H groups in total. The molecule has 1 heterocycles. The van der Waals surface area contributed by atoms with Gasteiger partial charge in [0, 0.05) is 29.0 Å². The predicted molar refractivity (Wildman–Crippen MR) is 129 cm³/mol. The van der Waals surface area contributed by atoms with Gasteiger partial charge in [-0.05, 0) is 67.6 Å². The number of anilines is 2. The number of carbonyl (C=O) groups is 2. The van der Waals surface area contributed by atoms with Gasteiger partial charge in [-0.25, -0.2) is 13.2 Å². The van der Waals surface area contributed by atoms with Crippen LogP contribution in [0.1, 0.15) is 27.6 Å². The summed E-state index contributed by atoms with van der Waals surface area (Å²) < 4.78 is 27.9. The fourth-order valence-electron chi connectivity index (χ4n) is 3.29. The predicted octanol–water partition coefficient (Wildman–Crippen LogP) is 2.66. The smallest absolute Gasteiger partial charge is 0.323 e. The molecule has 4 aromatic rings. The zero-order valence-corrected chi connectivity index (χ0v) is 18.8. The number of imidazole rings is 1. The van der Waals surface area contributed by atoms with Gasteiger partial charge in [-0.3, -0.25) is 14.3 Å². The fourth-order valence-corrected chi connectivity index (χ4v) is 4.37. The lowest BCUT2D eigenvalue weighted by atomic mass is 10.1. The number of rotatable bonds is 7. The van der Waals surface area contributed by atoms with E-state index in [0.29, 0.717) is 34.4 Å². The van der Waals surface area contributed by atoms with Crippen molar-refractivity contribution in [2.75, 3.05) is 16.6 Å². The van der Waals surface area contributed by atoms with Crippen LogP contribution in [0.15, 0.2) is 76.4 Å². The highest BCUT2D eigenvalue weighted by Gasteiger charge is 2.16. The van der Waals surface area contributed by atoms with E-state index in [1.165, 1.54) is 42.5 Å². The van der Waals surface area contributed by atoms with E-state index >= 15 is 0 Å². The molecule has 0 unspecified atom stereocenters. The molecule has 2 amide bonds. The minimum Gasteiger partial charge on any atom is -0.352 e. The summed E-state index contributed by atoms with van der Waals surface area (Å²) in [6, 6.07) is 16.7. The molecular formula is C23H21N5O5S. The first kappa shape index (κ1) is 22.8. The van der Waals surface area contributed by atoms with E-state index in [4.69, 9.17) is 0 Å². The van der Waals surface area contributed by atoms with E-state index in [1.54, 1.807) is 24.3 Å². The van der Waals surface area contributed by atoms with Crippen LogP contribution in [-0.4, -0.2) is 36.7 Å². The topological polar surface area (TPSA) is 153 Å². The maximum absolute atomic E-state index is 12.7. The summed E-state index contributed by atoms with van der Waals surface area (Å²) in [6.07, 6.45) is 0. The minimum absolute atomic E-state index is 0.0240. The van der Waals surface area contributed by atoms with Crippen LogP contribution in [0.25, 0.3) is 11.0 Å². The number of sulfonamides is 1. The van der Waals surface area contributed by atoms with Crippen molar-refractivity contribution in [1.82, 2.24) is 15.3 Å². The second kappa shape index (κ2) is 9.24. The fraction of sp³-hybridized carbons (Fsp3) is 0.0870. The molecule has 174 valence electrons. The first-order valence-electron chi connectivity index (χ1n) is 10.3. The lowest BCUT2D eigenvalue weighted by molar-refractivity contribution is 0.0954. The number of hydrogen-bond donors (Lipinski definition) is 5. The molecule has 0 saturated carbocycles. The molecule has 0 aliphatic carbocycles. The van der Waals surface area contributed by atoms with E-state index in [1.807, 2.05) is 6.92 Å². The number of aromatic amines is 2. The van der Waals surface area contributed by atoms with Crippen molar-refractivity contribution in [3.8, 4) is 0 Å². The number of aromatic nitrogens is 2. The zero-order chi connectivity index (χ0) is 24.3. The van der Waals surface area contributed by atoms with Gasteiger partial charge in [0.05, 0.1) is 15.9 Å². The number of nitrogens with one attached hydrogen (secondary N) is 5. The molecule has 4 rings (SSSR count). The Labute approximate surface area is 194 Å². The molecule has 0 saturated heterocycles. The third-order valence-corrected chi connectivity index (χ3v) is 6.30. The minimum atomic E-state index is -3.92. The second-order valence-electron chi connectivity index (χ2n) is 7.36. The summed E-state index contributed by atoms with van der Waals surface area (Å²) in [5.74, 6) is -0.651. The van der Waals surface area contributed by atoms with Crippen LogP contribution in [0.5, 0.6) is 0 Å². The monoisotopic (exact) mass is 479 g/mol. The third-order valence-electron chi connectivity index (χ3n) is 4.92. The number of fused-ring (bicyclic) bond motifs is 1. The Morgan fingerprint density at radius 3 is 2.29 bits per heavy atom. The van der Waals surface area contributed by atoms with Gasteiger partial charge >= 0.3 is 5.69 Å². The summed E-state index contributed by atoms with van der Waals surface area (Å²) in [5, 5.41) is 5.41. The number of hydrogen-bond acceptors (Lipinski definition) is 5. The Kier molecular flexibility index (Phi) is 6.19. The maximum atomic E-state index is 12.7. The standard InChI is InChI=1S/C23H21N5O5S/c1-2-24-21(29)15-4-3-5-17(12-15)25-22(30)14-6-8-16(9-7-14)28-34(32,33)18-10-11-19-20(13-18)27-23(31)26-19/h3-13,28H,2H2,1H3,(H,24,29)(H,25,30)(H2,26,27,31).